The first-order chi connectivity index (χ1) is 15.7. The van der Waals surface area contributed by atoms with Crippen molar-refractivity contribution in [1.29, 1.82) is 0 Å². The van der Waals surface area contributed by atoms with E-state index in [-0.39, 0.29) is 6.04 Å². The molecule has 1 aliphatic heterocycles. The highest BCUT2D eigenvalue weighted by molar-refractivity contribution is 5.77. The van der Waals surface area contributed by atoms with E-state index in [0.29, 0.717) is 22.8 Å². The van der Waals surface area contributed by atoms with Crippen LogP contribution in [0.15, 0.2) is 30.3 Å². The zero-order valence-corrected chi connectivity index (χ0v) is 19.2. The third-order valence-corrected chi connectivity index (χ3v) is 6.25. The van der Waals surface area contributed by atoms with Gasteiger partial charge in [0.1, 0.15) is 5.82 Å². The van der Waals surface area contributed by atoms with Gasteiger partial charge in [-0.15, -0.1) is 0 Å². The average molecular weight is 464 g/mol. The lowest BCUT2D eigenvalue weighted by Gasteiger charge is -2.33. The summed E-state index contributed by atoms with van der Waals surface area (Å²) in [5, 5.41) is 0. The molecule has 33 heavy (non-hydrogen) atoms. The largest absolute Gasteiger partial charge is 0.493 e. The van der Waals surface area contributed by atoms with E-state index in [1.165, 1.54) is 0 Å². The minimum absolute atomic E-state index is 0.197. The Balaban J connectivity index is 1.49. The van der Waals surface area contributed by atoms with Crippen LogP contribution in [0.2, 0.25) is 0 Å². The van der Waals surface area contributed by atoms with E-state index in [2.05, 4.69) is 14.5 Å². The molecule has 0 spiro atoms. The molecule has 0 radical (unpaired) electrons. The van der Waals surface area contributed by atoms with Crippen molar-refractivity contribution in [2.75, 3.05) is 34.4 Å². The number of ether oxygens (including phenoxy) is 3. The van der Waals surface area contributed by atoms with Crippen LogP contribution in [-0.2, 0) is 12.7 Å². The van der Waals surface area contributed by atoms with Crippen molar-refractivity contribution in [2.24, 2.45) is 0 Å². The van der Waals surface area contributed by atoms with Crippen LogP contribution in [0.4, 0.5) is 13.2 Å². The molecule has 0 amide bonds. The highest BCUT2D eigenvalue weighted by Crippen LogP contribution is 2.39. The zero-order chi connectivity index (χ0) is 23.8. The SMILES string of the molecule is COc1cc(CN2CCC(n3c(C)nc4cc(C(F)(F)F)ccc43)CC2)cc(OC)c1OC. The fourth-order valence-electron chi connectivity index (χ4n) is 4.68. The highest BCUT2D eigenvalue weighted by atomic mass is 19.4. The molecule has 2 aromatic carbocycles. The van der Waals surface area contributed by atoms with Crippen molar-refractivity contribution in [3.63, 3.8) is 0 Å². The number of likely N-dealkylation sites (tertiary alicyclic amines) is 1. The Morgan fingerprint density at radius 1 is 0.970 bits per heavy atom. The van der Waals surface area contributed by atoms with Crippen LogP contribution < -0.4 is 14.2 Å². The van der Waals surface area contributed by atoms with Gasteiger partial charge >= 0.3 is 6.18 Å². The van der Waals surface area contributed by atoms with E-state index < -0.39 is 11.7 Å². The third kappa shape index (κ3) is 4.59. The maximum absolute atomic E-state index is 13.1. The number of imidazole rings is 1. The number of aryl methyl sites for hydroxylation is 1. The molecule has 0 unspecified atom stereocenters. The van der Waals surface area contributed by atoms with E-state index in [9.17, 15) is 13.2 Å². The highest BCUT2D eigenvalue weighted by Gasteiger charge is 2.31. The van der Waals surface area contributed by atoms with Gasteiger partial charge < -0.3 is 18.8 Å². The first-order valence-corrected chi connectivity index (χ1v) is 10.8. The second kappa shape index (κ2) is 9.13. The minimum Gasteiger partial charge on any atom is -0.493 e. The second-order valence-electron chi connectivity index (χ2n) is 8.27. The summed E-state index contributed by atoms with van der Waals surface area (Å²) in [6.07, 6.45) is -2.60. The number of benzene rings is 2. The molecule has 1 fully saturated rings. The van der Waals surface area contributed by atoms with Gasteiger partial charge in [-0.25, -0.2) is 4.98 Å². The monoisotopic (exact) mass is 463 g/mol. The quantitative estimate of drug-likeness (QED) is 0.501. The molecule has 0 bridgehead atoms. The predicted molar refractivity (Wildman–Crippen MR) is 119 cm³/mol. The molecular weight excluding hydrogens is 435 g/mol. The van der Waals surface area contributed by atoms with Crippen LogP contribution >= 0.6 is 0 Å². The molecule has 2 heterocycles. The molecule has 3 aromatic rings. The Morgan fingerprint density at radius 3 is 2.15 bits per heavy atom. The summed E-state index contributed by atoms with van der Waals surface area (Å²) >= 11 is 0. The lowest BCUT2D eigenvalue weighted by Crippen LogP contribution is -2.34. The van der Waals surface area contributed by atoms with Crippen LogP contribution in [-0.4, -0.2) is 48.9 Å². The molecule has 9 heteroatoms. The topological polar surface area (TPSA) is 48.8 Å². The maximum atomic E-state index is 13.1. The molecule has 1 aliphatic rings. The lowest BCUT2D eigenvalue weighted by molar-refractivity contribution is -0.137. The van der Waals surface area contributed by atoms with Crippen LogP contribution in [0, 0.1) is 6.92 Å². The predicted octanol–water partition coefficient (Wildman–Crippen LogP) is 5.23. The Labute approximate surface area is 190 Å². The first-order valence-electron chi connectivity index (χ1n) is 10.8. The third-order valence-electron chi connectivity index (χ3n) is 6.25. The summed E-state index contributed by atoms with van der Waals surface area (Å²) in [5.41, 5.74) is 1.54. The van der Waals surface area contributed by atoms with Crippen LogP contribution in [0.25, 0.3) is 11.0 Å². The minimum atomic E-state index is -4.37. The van der Waals surface area contributed by atoms with Gasteiger partial charge in [-0.2, -0.15) is 13.2 Å². The van der Waals surface area contributed by atoms with Gasteiger partial charge in [-0.1, -0.05) is 0 Å². The number of fused-ring (bicyclic) bond motifs is 1. The molecule has 1 saturated heterocycles. The summed E-state index contributed by atoms with van der Waals surface area (Å²) in [4.78, 5) is 6.77. The standard InChI is InChI=1S/C24H28F3N3O3/c1-15-28-19-13-17(24(25,26)27)5-6-20(19)30(15)18-7-9-29(10-8-18)14-16-11-21(31-2)23(33-4)22(12-16)32-3/h5-6,11-13,18H,7-10,14H2,1-4H3. The van der Waals surface area contributed by atoms with Crippen molar-refractivity contribution >= 4 is 11.0 Å². The summed E-state index contributed by atoms with van der Waals surface area (Å²) < 4.78 is 57.6. The smallest absolute Gasteiger partial charge is 0.416 e. The van der Waals surface area contributed by atoms with Gasteiger partial charge in [0.15, 0.2) is 11.5 Å². The van der Waals surface area contributed by atoms with Gasteiger partial charge in [0.25, 0.3) is 0 Å². The van der Waals surface area contributed by atoms with Gasteiger partial charge in [-0.3, -0.25) is 4.90 Å². The van der Waals surface area contributed by atoms with Crippen molar-refractivity contribution in [1.82, 2.24) is 14.5 Å². The number of alkyl halides is 3. The summed E-state index contributed by atoms with van der Waals surface area (Å²) in [7, 11) is 4.78. The number of hydrogen-bond acceptors (Lipinski definition) is 5. The van der Waals surface area contributed by atoms with Crippen molar-refractivity contribution < 1.29 is 27.4 Å². The molecule has 1 aromatic heterocycles. The fourth-order valence-corrected chi connectivity index (χ4v) is 4.68. The molecule has 0 aliphatic carbocycles. The number of piperidine rings is 1. The molecule has 0 saturated carbocycles. The van der Waals surface area contributed by atoms with Crippen molar-refractivity contribution in [2.45, 2.75) is 38.5 Å². The number of rotatable bonds is 6. The Bertz CT molecular complexity index is 1110. The number of nitrogens with zero attached hydrogens (tertiary/aromatic N) is 3. The van der Waals surface area contributed by atoms with E-state index in [4.69, 9.17) is 14.2 Å². The molecule has 0 atom stereocenters. The fraction of sp³-hybridized carbons (Fsp3) is 0.458. The molecule has 4 rings (SSSR count). The van der Waals surface area contributed by atoms with Gasteiger partial charge in [0, 0.05) is 25.7 Å². The van der Waals surface area contributed by atoms with Gasteiger partial charge in [0.2, 0.25) is 5.75 Å². The maximum Gasteiger partial charge on any atom is 0.416 e. The number of methoxy groups -OCH3 is 3. The summed E-state index contributed by atoms with van der Waals surface area (Å²) in [6, 6.07) is 7.93. The van der Waals surface area contributed by atoms with Crippen molar-refractivity contribution in [3.8, 4) is 17.2 Å². The summed E-state index contributed by atoms with van der Waals surface area (Å²) in [5.74, 6) is 2.56. The van der Waals surface area contributed by atoms with E-state index in [1.54, 1.807) is 27.4 Å². The van der Waals surface area contributed by atoms with Crippen LogP contribution in [0.5, 0.6) is 17.2 Å². The molecular formula is C24H28F3N3O3. The molecule has 178 valence electrons. The molecule has 0 N–H and O–H groups in total. The average Bonchev–Trinajstić information content (AvgIpc) is 3.13. The summed E-state index contributed by atoms with van der Waals surface area (Å²) in [6.45, 7) is 4.32. The Morgan fingerprint density at radius 2 is 1.61 bits per heavy atom. The number of halogens is 3. The van der Waals surface area contributed by atoms with Crippen molar-refractivity contribution in [3.05, 3.63) is 47.3 Å². The van der Waals surface area contributed by atoms with Crippen LogP contribution in [0.1, 0.15) is 35.8 Å². The van der Waals surface area contributed by atoms with Gasteiger partial charge in [0.05, 0.1) is 37.9 Å². The van der Waals surface area contributed by atoms with Gasteiger partial charge in [-0.05, 0) is 55.7 Å². The number of aromatic nitrogens is 2. The zero-order valence-electron chi connectivity index (χ0n) is 19.2. The molecule has 6 nitrogen and oxygen atoms in total. The first kappa shape index (κ1) is 23.2. The van der Waals surface area contributed by atoms with E-state index >= 15 is 0 Å². The van der Waals surface area contributed by atoms with E-state index in [1.807, 2.05) is 19.1 Å². The Kier molecular flexibility index (Phi) is 6.43. The van der Waals surface area contributed by atoms with Crippen LogP contribution in [0.3, 0.4) is 0 Å². The lowest BCUT2D eigenvalue weighted by atomic mass is 10.0. The second-order valence-corrected chi connectivity index (χ2v) is 8.27. The van der Waals surface area contributed by atoms with E-state index in [0.717, 1.165) is 61.5 Å². The Hall–Kier alpha value is -2.94. The normalized spacial score (nSPS) is 15.7. The number of hydrogen-bond donors (Lipinski definition) is 0.